The molecule has 1 amide bonds. The van der Waals surface area contributed by atoms with E-state index >= 15 is 0 Å². The van der Waals surface area contributed by atoms with Crippen LogP contribution in [-0.4, -0.2) is 20.8 Å². The van der Waals surface area contributed by atoms with Crippen molar-refractivity contribution in [3.05, 3.63) is 29.6 Å². The van der Waals surface area contributed by atoms with E-state index in [0.29, 0.717) is 22.2 Å². The Balaban J connectivity index is 2.30. The monoisotopic (exact) mass is 264 g/mol. The fraction of sp³-hybridized carbons (Fsp3) is 0.100. The van der Waals surface area contributed by atoms with E-state index in [2.05, 4.69) is 10.2 Å². The van der Waals surface area contributed by atoms with Gasteiger partial charge in [-0.1, -0.05) is 0 Å². The molecule has 0 aliphatic carbocycles. The third kappa shape index (κ3) is 2.23. The van der Waals surface area contributed by atoms with Crippen LogP contribution in [0.2, 0.25) is 0 Å². The average Bonchev–Trinajstić information content (AvgIpc) is 2.63. The molecule has 0 radical (unpaired) electrons. The van der Waals surface area contributed by atoms with Gasteiger partial charge in [0, 0.05) is 16.1 Å². The Hall–Kier alpha value is -2.22. The van der Waals surface area contributed by atoms with Crippen LogP contribution in [0.3, 0.4) is 0 Å². The molecule has 18 heavy (non-hydrogen) atoms. The van der Waals surface area contributed by atoms with E-state index in [1.165, 1.54) is 22.5 Å². The van der Waals surface area contributed by atoms with Gasteiger partial charge in [0.25, 0.3) is 0 Å². The SMILES string of the molecule is Cc1nnc(Sc2ccc(C(N)=O)cc2N)n1N. The molecular weight excluding hydrogens is 252 g/mol. The normalized spacial score (nSPS) is 10.5. The highest BCUT2D eigenvalue weighted by atomic mass is 32.2. The number of nitrogen functional groups attached to an aromatic ring is 2. The van der Waals surface area contributed by atoms with Crippen molar-refractivity contribution in [1.29, 1.82) is 0 Å². The van der Waals surface area contributed by atoms with Crippen molar-refractivity contribution in [2.45, 2.75) is 17.0 Å². The summed E-state index contributed by atoms with van der Waals surface area (Å²) in [5, 5.41) is 8.27. The van der Waals surface area contributed by atoms with Crippen molar-refractivity contribution < 1.29 is 4.79 Å². The van der Waals surface area contributed by atoms with Gasteiger partial charge in [0.2, 0.25) is 11.1 Å². The molecule has 0 saturated carbocycles. The van der Waals surface area contributed by atoms with Crippen molar-refractivity contribution in [3.8, 4) is 0 Å². The third-order valence-corrected chi connectivity index (χ3v) is 3.38. The topological polar surface area (TPSA) is 126 Å². The van der Waals surface area contributed by atoms with Crippen LogP contribution in [0.5, 0.6) is 0 Å². The second kappa shape index (κ2) is 4.57. The first kappa shape index (κ1) is 12.2. The van der Waals surface area contributed by atoms with Gasteiger partial charge in [0.15, 0.2) is 0 Å². The number of hydrogen-bond acceptors (Lipinski definition) is 6. The first-order chi connectivity index (χ1) is 8.49. The van der Waals surface area contributed by atoms with Gasteiger partial charge < -0.3 is 17.3 Å². The molecule has 0 unspecified atom stereocenters. The van der Waals surface area contributed by atoms with Gasteiger partial charge in [-0.15, -0.1) is 10.2 Å². The predicted molar refractivity (Wildman–Crippen MR) is 68.4 cm³/mol. The second-order valence-electron chi connectivity index (χ2n) is 3.62. The number of primary amides is 1. The molecule has 0 spiro atoms. The smallest absolute Gasteiger partial charge is 0.248 e. The van der Waals surface area contributed by atoms with Gasteiger partial charge in [-0.3, -0.25) is 4.79 Å². The minimum absolute atomic E-state index is 0.363. The standard InChI is InChI=1S/C10H12N6OS/c1-5-14-15-10(16(5)13)18-8-3-2-6(9(12)17)4-7(8)11/h2-4H,11,13H2,1H3,(H2,12,17). The first-order valence-corrected chi connectivity index (χ1v) is 5.85. The fourth-order valence-corrected chi connectivity index (χ4v) is 2.13. The molecule has 0 bridgehead atoms. The lowest BCUT2D eigenvalue weighted by Crippen LogP contribution is -2.12. The average molecular weight is 264 g/mol. The van der Waals surface area contributed by atoms with Crippen LogP contribution < -0.4 is 17.3 Å². The van der Waals surface area contributed by atoms with E-state index in [9.17, 15) is 4.79 Å². The highest BCUT2D eigenvalue weighted by Gasteiger charge is 2.11. The quantitative estimate of drug-likeness (QED) is 0.534. The van der Waals surface area contributed by atoms with Crippen molar-refractivity contribution in [1.82, 2.24) is 14.9 Å². The Morgan fingerprint density at radius 3 is 2.61 bits per heavy atom. The van der Waals surface area contributed by atoms with E-state index in [4.69, 9.17) is 17.3 Å². The van der Waals surface area contributed by atoms with Crippen LogP contribution in [0.1, 0.15) is 16.2 Å². The van der Waals surface area contributed by atoms with Crippen molar-refractivity contribution in [2.24, 2.45) is 5.73 Å². The number of aryl methyl sites for hydroxylation is 1. The summed E-state index contributed by atoms with van der Waals surface area (Å²) in [7, 11) is 0. The van der Waals surface area contributed by atoms with Gasteiger partial charge in [-0.2, -0.15) is 0 Å². The Labute approximate surface area is 107 Å². The van der Waals surface area contributed by atoms with Gasteiger partial charge >= 0.3 is 0 Å². The lowest BCUT2D eigenvalue weighted by atomic mass is 10.2. The minimum Gasteiger partial charge on any atom is -0.398 e. The Kier molecular flexibility index (Phi) is 3.11. The van der Waals surface area contributed by atoms with Crippen LogP contribution in [0.25, 0.3) is 0 Å². The zero-order valence-corrected chi connectivity index (χ0v) is 10.4. The maximum absolute atomic E-state index is 11.0. The highest BCUT2D eigenvalue weighted by Crippen LogP contribution is 2.30. The molecule has 0 saturated heterocycles. The predicted octanol–water partition coefficient (Wildman–Crippen LogP) is 0.133. The molecule has 0 aliphatic rings. The van der Waals surface area contributed by atoms with Gasteiger partial charge in [0.05, 0.1) is 0 Å². The summed E-state index contributed by atoms with van der Waals surface area (Å²) in [5.41, 5.74) is 11.8. The molecule has 0 fully saturated rings. The lowest BCUT2D eigenvalue weighted by Gasteiger charge is -2.06. The van der Waals surface area contributed by atoms with E-state index in [1.807, 2.05) is 0 Å². The van der Waals surface area contributed by atoms with Crippen LogP contribution in [-0.2, 0) is 0 Å². The Bertz CT molecular complexity index is 608. The second-order valence-corrected chi connectivity index (χ2v) is 4.63. The number of benzene rings is 1. The molecule has 7 nitrogen and oxygen atoms in total. The van der Waals surface area contributed by atoms with E-state index in [1.54, 1.807) is 19.1 Å². The van der Waals surface area contributed by atoms with E-state index < -0.39 is 5.91 Å². The number of hydrogen-bond donors (Lipinski definition) is 3. The summed E-state index contributed by atoms with van der Waals surface area (Å²) in [6.07, 6.45) is 0. The molecule has 8 heteroatoms. The molecular formula is C10H12N6OS. The van der Waals surface area contributed by atoms with Crippen LogP contribution in [0, 0.1) is 6.92 Å². The number of aromatic nitrogens is 3. The molecule has 94 valence electrons. The molecule has 0 atom stereocenters. The van der Waals surface area contributed by atoms with Crippen molar-refractivity contribution in [3.63, 3.8) is 0 Å². The summed E-state index contributed by atoms with van der Waals surface area (Å²) in [6.45, 7) is 1.75. The molecule has 1 aromatic carbocycles. The van der Waals surface area contributed by atoms with Crippen molar-refractivity contribution in [2.75, 3.05) is 11.6 Å². The lowest BCUT2D eigenvalue weighted by molar-refractivity contribution is 0.100. The molecule has 2 rings (SSSR count). The number of nitrogens with two attached hydrogens (primary N) is 3. The largest absolute Gasteiger partial charge is 0.398 e. The molecule has 2 aromatic rings. The number of carbonyl (C=O) groups is 1. The van der Waals surface area contributed by atoms with Crippen LogP contribution in [0.4, 0.5) is 5.69 Å². The van der Waals surface area contributed by atoms with E-state index in [0.717, 1.165) is 4.90 Å². The maximum Gasteiger partial charge on any atom is 0.248 e. The Morgan fingerprint density at radius 1 is 1.39 bits per heavy atom. The van der Waals surface area contributed by atoms with E-state index in [-0.39, 0.29) is 0 Å². The minimum atomic E-state index is -0.518. The summed E-state index contributed by atoms with van der Waals surface area (Å²) in [4.78, 5) is 11.7. The summed E-state index contributed by atoms with van der Waals surface area (Å²) < 4.78 is 1.37. The Morgan fingerprint density at radius 2 is 2.11 bits per heavy atom. The van der Waals surface area contributed by atoms with Crippen LogP contribution in [0.15, 0.2) is 28.3 Å². The number of nitrogens with zero attached hydrogens (tertiary/aromatic N) is 3. The number of rotatable bonds is 3. The van der Waals surface area contributed by atoms with Gasteiger partial charge in [0.1, 0.15) is 5.82 Å². The summed E-state index contributed by atoms with van der Waals surface area (Å²) in [6, 6.07) is 4.82. The molecule has 1 aromatic heterocycles. The van der Waals surface area contributed by atoms with Gasteiger partial charge in [-0.25, -0.2) is 4.68 Å². The first-order valence-electron chi connectivity index (χ1n) is 5.03. The molecule has 6 N–H and O–H groups in total. The zero-order chi connectivity index (χ0) is 13.3. The van der Waals surface area contributed by atoms with Crippen molar-refractivity contribution >= 4 is 23.4 Å². The number of anilines is 1. The number of amides is 1. The molecule has 0 aliphatic heterocycles. The van der Waals surface area contributed by atoms with Crippen LogP contribution >= 0.6 is 11.8 Å². The highest BCUT2D eigenvalue weighted by molar-refractivity contribution is 7.99. The summed E-state index contributed by atoms with van der Waals surface area (Å²) in [5.74, 6) is 5.82. The number of carbonyl (C=O) groups excluding carboxylic acids is 1. The third-order valence-electron chi connectivity index (χ3n) is 2.33. The molecule has 1 heterocycles. The fourth-order valence-electron chi connectivity index (χ4n) is 1.31. The maximum atomic E-state index is 11.0. The summed E-state index contributed by atoms with van der Waals surface area (Å²) >= 11 is 1.27. The van der Waals surface area contributed by atoms with Gasteiger partial charge in [-0.05, 0) is 36.9 Å². The zero-order valence-electron chi connectivity index (χ0n) is 9.62.